The molecule has 51 heavy (non-hydrogen) atoms. The Labute approximate surface area is 309 Å². The number of benzene rings is 1. The van der Waals surface area contributed by atoms with Crippen molar-refractivity contribution < 1.29 is 39.2 Å². The second-order valence-electron chi connectivity index (χ2n) is 15.6. The second kappa shape index (κ2) is 20.9. The molecule has 1 aromatic carbocycles. The highest BCUT2D eigenvalue weighted by Crippen LogP contribution is 2.46. The number of nitrogens with zero attached hydrogens (tertiary/aromatic N) is 1. The molecule has 0 spiro atoms. The van der Waals surface area contributed by atoms with Gasteiger partial charge in [-0.25, -0.2) is 9.69 Å². The normalized spacial score (nSPS) is 17.9. The number of nitrogens with two attached hydrogens (primary N) is 1. The van der Waals surface area contributed by atoms with Gasteiger partial charge in [0.15, 0.2) is 0 Å². The molecule has 5 unspecified atom stereocenters. The molecule has 3 amide bonds. The third-order valence-electron chi connectivity index (χ3n) is 10.5. The Bertz CT molecular complexity index is 1340. The van der Waals surface area contributed by atoms with Crippen molar-refractivity contribution in [1.82, 2.24) is 10.2 Å². The minimum Gasteiger partial charge on any atom is -0.507 e. The molecule has 5 atom stereocenters. The van der Waals surface area contributed by atoms with Gasteiger partial charge in [0.25, 0.3) is 5.91 Å². The molecule has 0 aliphatic carbocycles. The average molecular weight is 736 g/mol. The summed E-state index contributed by atoms with van der Waals surface area (Å²) in [4.78, 5) is 48.6. The molecule has 0 saturated heterocycles. The lowest BCUT2D eigenvalue weighted by atomic mass is 9.83. The Morgan fingerprint density at radius 3 is 2.10 bits per heavy atom. The fourth-order valence-corrected chi connectivity index (χ4v) is 7.86. The summed E-state index contributed by atoms with van der Waals surface area (Å²) >= 11 is 1.28. The summed E-state index contributed by atoms with van der Waals surface area (Å²) in [5.41, 5.74) is 8.47. The number of aliphatic carboxylic acids is 1. The molecular weight excluding hydrogens is 671 g/mol. The van der Waals surface area contributed by atoms with Gasteiger partial charge in [-0.05, 0) is 81.8 Å². The zero-order valence-corrected chi connectivity index (χ0v) is 33.1. The number of phenols is 1. The van der Waals surface area contributed by atoms with E-state index in [4.69, 9.17) is 15.6 Å². The van der Waals surface area contributed by atoms with E-state index in [1.807, 2.05) is 13.8 Å². The van der Waals surface area contributed by atoms with Crippen molar-refractivity contribution in [2.75, 3.05) is 12.8 Å². The van der Waals surface area contributed by atoms with Crippen LogP contribution in [0.1, 0.15) is 134 Å². The Balaban J connectivity index is 2.03. The number of ether oxygens (including phenoxy) is 1. The van der Waals surface area contributed by atoms with Gasteiger partial charge in [-0.1, -0.05) is 72.6 Å². The topological polar surface area (TPSA) is 179 Å². The number of amides is 3. The maximum absolute atomic E-state index is 13.0. The van der Waals surface area contributed by atoms with E-state index in [0.29, 0.717) is 22.1 Å². The van der Waals surface area contributed by atoms with Crippen LogP contribution in [0.15, 0.2) is 0 Å². The summed E-state index contributed by atoms with van der Waals surface area (Å²) in [5, 5.41) is 32.2. The molecule has 0 saturated carbocycles. The van der Waals surface area contributed by atoms with Crippen molar-refractivity contribution in [3.05, 3.63) is 22.3 Å². The van der Waals surface area contributed by atoms with Gasteiger partial charge in [0.05, 0.1) is 0 Å². The van der Waals surface area contributed by atoms with Crippen molar-refractivity contribution >= 4 is 35.6 Å². The van der Waals surface area contributed by atoms with Crippen molar-refractivity contribution in [2.24, 2.45) is 23.5 Å². The fraction of sp³-hybridized carbons (Fsp3) is 0.744. The van der Waals surface area contributed by atoms with Crippen LogP contribution in [0, 0.1) is 31.6 Å². The second-order valence-corrected chi connectivity index (χ2v) is 16.6. The molecule has 0 radical (unpaired) electrons. The van der Waals surface area contributed by atoms with Gasteiger partial charge >= 0.3 is 12.1 Å². The predicted octanol–water partition coefficient (Wildman–Crippen LogP) is 7.58. The number of nitrogens with one attached hydrogen (secondary N) is 1. The predicted molar refractivity (Wildman–Crippen MR) is 203 cm³/mol. The lowest BCUT2D eigenvalue weighted by Gasteiger charge is -2.38. The van der Waals surface area contributed by atoms with Gasteiger partial charge in [0.1, 0.15) is 29.2 Å². The standard InChI is InChI=1S/C39H65N3O8S/c1-24(2)12-9-13-25(3)14-10-15-26(4)16-11-20-39(7)21-19-29-30(34(44)27(5)28(6)35(29)50-39)22-51-23-32(36(45)42(8)38(48)49)41-33(43)18-17-31(40)37(46)47/h24-26,31-32,44H,9-23,40H2,1-8H3,(H,41,43)(H,46,47)(H,48,49). The first-order chi connectivity index (χ1) is 23.9. The van der Waals surface area contributed by atoms with Crippen LogP contribution in [-0.4, -0.2) is 74.6 Å². The van der Waals surface area contributed by atoms with E-state index in [1.165, 1.54) is 56.7 Å². The third kappa shape index (κ3) is 14.2. The number of phenolic OH excluding ortho intramolecular Hbond substituents is 1. The number of fused-ring (bicyclic) bond motifs is 1. The smallest absolute Gasteiger partial charge is 0.413 e. The van der Waals surface area contributed by atoms with Gasteiger partial charge in [0, 0.05) is 36.1 Å². The summed E-state index contributed by atoms with van der Waals surface area (Å²) in [6.45, 7) is 15.3. The van der Waals surface area contributed by atoms with Crippen LogP contribution in [-0.2, 0) is 26.6 Å². The Morgan fingerprint density at radius 1 is 0.941 bits per heavy atom. The van der Waals surface area contributed by atoms with Crippen LogP contribution in [0.3, 0.4) is 0 Å². The monoisotopic (exact) mass is 735 g/mol. The third-order valence-corrected chi connectivity index (χ3v) is 11.6. The fourth-order valence-electron chi connectivity index (χ4n) is 6.76. The molecule has 6 N–H and O–H groups in total. The number of carbonyl (C=O) groups is 4. The first-order valence-electron chi connectivity index (χ1n) is 18.8. The van der Waals surface area contributed by atoms with Crippen molar-refractivity contribution in [1.29, 1.82) is 0 Å². The molecule has 2 rings (SSSR count). The van der Waals surface area contributed by atoms with E-state index >= 15 is 0 Å². The molecule has 12 heteroatoms. The van der Waals surface area contributed by atoms with E-state index in [-0.39, 0.29) is 29.9 Å². The van der Waals surface area contributed by atoms with Crippen LogP contribution in [0.4, 0.5) is 4.79 Å². The van der Waals surface area contributed by atoms with E-state index in [0.717, 1.165) is 67.0 Å². The number of hydrogen-bond donors (Lipinski definition) is 5. The molecule has 11 nitrogen and oxygen atoms in total. The molecule has 1 heterocycles. The minimum absolute atomic E-state index is 0.0299. The van der Waals surface area contributed by atoms with Crippen molar-refractivity contribution in [3.8, 4) is 11.5 Å². The van der Waals surface area contributed by atoms with Gasteiger partial charge in [0.2, 0.25) is 5.91 Å². The summed E-state index contributed by atoms with van der Waals surface area (Å²) in [7, 11) is 1.10. The van der Waals surface area contributed by atoms with Crippen molar-refractivity contribution in [3.63, 3.8) is 0 Å². The Morgan fingerprint density at radius 2 is 1.53 bits per heavy atom. The number of likely N-dealkylation sites (N-methyl/N-ethyl adjacent to an activating group) is 1. The number of imide groups is 1. The highest BCUT2D eigenvalue weighted by Gasteiger charge is 2.35. The molecule has 0 fully saturated rings. The number of thioether (sulfide) groups is 1. The summed E-state index contributed by atoms with van der Waals surface area (Å²) < 4.78 is 6.76. The summed E-state index contributed by atoms with van der Waals surface area (Å²) in [6.07, 6.45) is 10.7. The molecule has 1 aliphatic heterocycles. The molecule has 1 aromatic rings. The average Bonchev–Trinajstić information content (AvgIpc) is 3.06. The first kappa shape index (κ1) is 44.2. The first-order valence-corrected chi connectivity index (χ1v) is 19.9. The van der Waals surface area contributed by atoms with Gasteiger partial charge in [-0.3, -0.25) is 14.4 Å². The lowest BCUT2D eigenvalue weighted by molar-refractivity contribution is -0.139. The van der Waals surface area contributed by atoms with Gasteiger partial charge in [-0.15, -0.1) is 0 Å². The maximum atomic E-state index is 13.0. The minimum atomic E-state index is -1.47. The maximum Gasteiger partial charge on any atom is 0.413 e. The highest BCUT2D eigenvalue weighted by molar-refractivity contribution is 7.98. The van der Waals surface area contributed by atoms with E-state index in [1.54, 1.807) is 0 Å². The number of carboxylic acids is 1. The Kier molecular flexibility index (Phi) is 18.1. The summed E-state index contributed by atoms with van der Waals surface area (Å²) in [5.74, 6) is 0.892. The van der Waals surface area contributed by atoms with Crippen LogP contribution in [0.2, 0.25) is 0 Å². The number of aromatic hydroxyl groups is 1. The number of rotatable bonds is 22. The molecule has 0 aromatic heterocycles. The van der Waals surface area contributed by atoms with Crippen LogP contribution in [0.25, 0.3) is 0 Å². The summed E-state index contributed by atoms with van der Waals surface area (Å²) in [6, 6.07) is -2.42. The number of carboxylic acid groups (broad SMARTS) is 2. The molecular formula is C39H65N3O8S. The van der Waals surface area contributed by atoms with E-state index in [9.17, 15) is 29.4 Å². The molecule has 1 aliphatic rings. The van der Waals surface area contributed by atoms with Crippen LogP contribution in [0.5, 0.6) is 11.5 Å². The highest BCUT2D eigenvalue weighted by atomic mass is 32.2. The van der Waals surface area contributed by atoms with Gasteiger partial charge < -0.3 is 31.1 Å². The Hall–Kier alpha value is -2.99. The molecule has 290 valence electrons. The van der Waals surface area contributed by atoms with Crippen LogP contribution < -0.4 is 15.8 Å². The zero-order valence-electron chi connectivity index (χ0n) is 32.3. The van der Waals surface area contributed by atoms with Crippen molar-refractivity contribution in [2.45, 2.75) is 155 Å². The number of carbonyl (C=O) groups excluding carboxylic acids is 2. The quantitative estimate of drug-likeness (QED) is 0.0797. The SMILES string of the molecule is Cc1c(C)c2c(c(CSCC(NC(=O)CCC(N)C(=O)O)C(=O)N(C)C(=O)O)c1O)CCC(C)(CCCC(C)CCCC(C)CCCC(C)C)O2. The number of hydrogen-bond acceptors (Lipinski definition) is 8. The zero-order chi connectivity index (χ0) is 38.5. The van der Waals surface area contributed by atoms with Crippen LogP contribution >= 0.6 is 11.8 Å². The van der Waals surface area contributed by atoms with Gasteiger partial charge in [-0.2, -0.15) is 11.8 Å². The van der Waals surface area contributed by atoms with E-state index in [2.05, 4.69) is 39.9 Å². The molecule has 0 bridgehead atoms. The largest absolute Gasteiger partial charge is 0.507 e. The van der Waals surface area contributed by atoms with E-state index < -0.39 is 36.0 Å². The lowest BCUT2D eigenvalue weighted by Crippen LogP contribution is -2.50.